The van der Waals surface area contributed by atoms with Gasteiger partial charge in [0, 0.05) is 70.1 Å². The Morgan fingerprint density at radius 2 is 0.551 bits per heavy atom. The molecule has 6 rings (SSSR count). The third kappa shape index (κ3) is 11.9. The van der Waals surface area contributed by atoms with E-state index in [0.29, 0.717) is 0 Å². The van der Waals surface area contributed by atoms with Gasteiger partial charge in [0.15, 0.2) is 0 Å². The SMILES string of the molecule is CC(C)(C)c1cc(-c2ccccc2)ncn1.CC(C)(C)c1cc(-c2ccccc2)ncn1.CC(C)(C)c1cc(-c2ccccc2)ncn1.[Ir]. The van der Waals surface area contributed by atoms with Crippen molar-refractivity contribution in [3.63, 3.8) is 0 Å². The summed E-state index contributed by atoms with van der Waals surface area (Å²) < 4.78 is 0. The summed E-state index contributed by atoms with van der Waals surface area (Å²) in [7, 11) is 0. The van der Waals surface area contributed by atoms with E-state index in [9.17, 15) is 0 Å². The largest absolute Gasteiger partial charge is 0.241 e. The molecule has 3 heterocycles. The summed E-state index contributed by atoms with van der Waals surface area (Å²) in [6.45, 7) is 19.4. The zero-order valence-electron chi connectivity index (χ0n) is 30.1. The summed E-state index contributed by atoms with van der Waals surface area (Å²) in [6, 6.07) is 36.7. The second-order valence-electron chi connectivity index (χ2n) is 14.7. The van der Waals surface area contributed by atoms with Gasteiger partial charge < -0.3 is 0 Å². The Labute approximate surface area is 306 Å². The molecule has 49 heavy (non-hydrogen) atoms. The summed E-state index contributed by atoms with van der Waals surface area (Å²) in [5.41, 5.74) is 9.76. The minimum absolute atomic E-state index is 0. The number of benzene rings is 3. The van der Waals surface area contributed by atoms with E-state index < -0.39 is 0 Å². The van der Waals surface area contributed by atoms with Crippen molar-refractivity contribution in [1.82, 2.24) is 29.9 Å². The van der Waals surface area contributed by atoms with E-state index in [1.165, 1.54) is 0 Å². The van der Waals surface area contributed by atoms with Gasteiger partial charge in [-0.1, -0.05) is 153 Å². The molecule has 0 amide bonds. The van der Waals surface area contributed by atoms with Gasteiger partial charge in [0.1, 0.15) is 19.0 Å². The first kappa shape index (κ1) is 39.0. The minimum Gasteiger partial charge on any atom is -0.241 e. The van der Waals surface area contributed by atoms with E-state index in [0.717, 1.165) is 50.9 Å². The van der Waals surface area contributed by atoms with Crippen LogP contribution in [0.4, 0.5) is 0 Å². The van der Waals surface area contributed by atoms with Gasteiger partial charge in [-0.15, -0.1) is 0 Å². The van der Waals surface area contributed by atoms with Crippen LogP contribution in [0.2, 0.25) is 0 Å². The maximum absolute atomic E-state index is 4.33. The zero-order chi connectivity index (χ0) is 34.8. The van der Waals surface area contributed by atoms with Gasteiger partial charge >= 0.3 is 0 Å². The van der Waals surface area contributed by atoms with Gasteiger partial charge in [0.25, 0.3) is 0 Å². The Bertz CT molecular complexity index is 1640. The fraction of sp³-hybridized carbons (Fsp3) is 0.286. The van der Waals surface area contributed by atoms with Crippen molar-refractivity contribution in [1.29, 1.82) is 0 Å². The molecular formula is C42H48IrN6. The van der Waals surface area contributed by atoms with Gasteiger partial charge in [0.05, 0.1) is 17.1 Å². The van der Waals surface area contributed by atoms with Crippen LogP contribution in [-0.4, -0.2) is 29.9 Å². The molecule has 0 aliphatic rings. The Morgan fingerprint density at radius 3 is 0.755 bits per heavy atom. The molecule has 0 saturated carbocycles. The molecule has 1 radical (unpaired) electrons. The molecule has 0 saturated heterocycles. The molecule has 255 valence electrons. The van der Waals surface area contributed by atoms with Crippen LogP contribution >= 0.6 is 0 Å². The summed E-state index contributed by atoms with van der Waals surface area (Å²) in [5, 5.41) is 0. The number of aromatic nitrogens is 6. The van der Waals surface area contributed by atoms with Crippen molar-refractivity contribution in [2.75, 3.05) is 0 Å². The predicted octanol–water partition coefficient (Wildman–Crippen LogP) is 10.3. The summed E-state index contributed by atoms with van der Waals surface area (Å²) in [6.07, 6.45) is 4.93. The van der Waals surface area contributed by atoms with Gasteiger partial charge in [-0.25, -0.2) is 29.9 Å². The molecule has 0 aliphatic carbocycles. The normalized spacial score (nSPS) is 11.2. The van der Waals surface area contributed by atoms with Crippen molar-refractivity contribution < 1.29 is 20.1 Å². The van der Waals surface area contributed by atoms with Crippen molar-refractivity contribution >= 4 is 0 Å². The second kappa shape index (κ2) is 17.3. The van der Waals surface area contributed by atoms with Gasteiger partial charge in [0.2, 0.25) is 0 Å². The molecule has 3 aromatic heterocycles. The molecule has 0 atom stereocenters. The molecule has 0 spiro atoms. The number of hydrogen-bond donors (Lipinski definition) is 0. The zero-order valence-corrected chi connectivity index (χ0v) is 32.5. The first-order valence-electron chi connectivity index (χ1n) is 16.4. The molecule has 0 fully saturated rings. The Morgan fingerprint density at radius 1 is 0.327 bits per heavy atom. The van der Waals surface area contributed by atoms with Gasteiger partial charge in [-0.05, 0) is 18.2 Å². The van der Waals surface area contributed by atoms with Crippen LogP contribution in [0.25, 0.3) is 33.8 Å². The quantitative estimate of drug-likeness (QED) is 0.177. The molecule has 0 N–H and O–H groups in total. The van der Waals surface area contributed by atoms with Crippen LogP contribution in [-0.2, 0) is 36.4 Å². The summed E-state index contributed by atoms with van der Waals surface area (Å²) in [5.74, 6) is 0. The molecule has 0 unspecified atom stereocenters. The second-order valence-corrected chi connectivity index (χ2v) is 14.7. The van der Waals surface area contributed by atoms with Crippen LogP contribution in [0.1, 0.15) is 79.4 Å². The molecule has 3 aromatic carbocycles. The summed E-state index contributed by atoms with van der Waals surface area (Å²) in [4.78, 5) is 25.9. The average molecular weight is 829 g/mol. The van der Waals surface area contributed by atoms with E-state index in [1.54, 1.807) is 19.0 Å². The van der Waals surface area contributed by atoms with Crippen LogP contribution in [0.3, 0.4) is 0 Å². The molecule has 0 bridgehead atoms. The standard InChI is InChI=1S/3C14H16N2.Ir/c3*1-14(2,3)13-9-12(15-10-16-13)11-7-5-4-6-8-11;/h3*4-10H,1-3H3;. The Hall–Kier alpha value is -4.45. The molecule has 6 nitrogen and oxygen atoms in total. The van der Waals surface area contributed by atoms with Crippen molar-refractivity contribution in [3.8, 4) is 33.8 Å². The molecular weight excluding hydrogens is 781 g/mol. The first-order chi connectivity index (χ1) is 22.7. The Balaban J connectivity index is 0.000000197. The molecule has 0 aliphatic heterocycles. The fourth-order valence-corrected chi connectivity index (χ4v) is 4.60. The van der Waals surface area contributed by atoms with E-state index in [1.807, 2.05) is 54.6 Å². The third-order valence-electron chi connectivity index (χ3n) is 7.52. The van der Waals surface area contributed by atoms with Crippen LogP contribution in [0.5, 0.6) is 0 Å². The average Bonchev–Trinajstić information content (AvgIpc) is 3.09. The fourth-order valence-electron chi connectivity index (χ4n) is 4.60. The van der Waals surface area contributed by atoms with Crippen LogP contribution in [0.15, 0.2) is 128 Å². The van der Waals surface area contributed by atoms with Crippen molar-refractivity contribution in [2.24, 2.45) is 0 Å². The van der Waals surface area contributed by atoms with Crippen molar-refractivity contribution in [2.45, 2.75) is 78.6 Å². The van der Waals surface area contributed by atoms with Crippen LogP contribution < -0.4 is 0 Å². The van der Waals surface area contributed by atoms with Crippen LogP contribution in [0, 0.1) is 0 Å². The van der Waals surface area contributed by atoms with E-state index in [4.69, 9.17) is 0 Å². The van der Waals surface area contributed by atoms with E-state index in [2.05, 4.69) is 147 Å². The topological polar surface area (TPSA) is 77.3 Å². The number of hydrogen-bond acceptors (Lipinski definition) is 6. The summed E-state index contributed by atoms with van der Waals surface area (Å²) >= 11 is 0. The molecule has 6 aromatic rings. The smallest absolute Gasteiger partial charge is 0.116 e. The third-order valence-corrected chi connectivity index (χ3v) is 7.52. The Kier molecular flexibility index (Phi) is 13.8. The first-order valence-corrected chi connectivity index (χ1v) is 16.4. The van der Waals surface area contributed by atoms with E-state index in [-0.39, 0.29) is 36.4 Å². The monoisotopic (exact) mass is 829 g/mol. The van der Waals surface area contributed by atoms with Crippen molar-refractivity contribution in [3.05, 3.63) is 145 Å². The molecule has 7 heteroatoms. The maximum Gasteiger partial charge on any atom is 0.116 e. The maximum atomic E-state index is 4.33. The van der Waals surface area contributed by atoms with E-state index >= 15 is 0 Å². The van der Waals surface area contributed by atoms with Gasteiger partial charge in [-0.3, -0.25) is 0 Å². The number of rotatable bonds is 3. The van der Waals surface area contributed by atoms with Gasteiger partial charge in [-0.2, -0.15) is 0 Å². The minimum atomic E-state index is 0. The predicted molar refractivity (Wildman–Crippen MR) is 199 cm³/mol. The number of nitrogens with zero attached hydrogens (tertiary/aromatic N) is 6.